The van der Waals surface area contributed by atoms with Gasteiger partial charge in [-0.25, -0.2) is 4.98 Å². The maximum atomic E-state index is 4.62. The molecule has 154 valence electrons. The molecule has 2 N–H and O–H groups in total. The lowest BCUT2D eigenvalue weighted by atomic mass is 9.85. The smallest absolute Gasteiger partial charge is 0.245 e. The molecule has 10 heteroatoms. The molecule has 1 saturated heterocycles. The molecular formula is C20H24N10. The van der Waals surface area contributed by atoms with Crippen molar-refractivity contribution in [3.8, 4) is 16.9 Å². The SMILES string of the molecule is CC(C)(C)[C@@H]1CN(c2ncc(-c3ccc(-n4nccn4)c4[nH]ncc34)nn2)CCN1. The molecule has 1 aliphatic rings. The van der Waals surface area contributed by atoms with Gasteiger partial charge in [0.2, 0.25) is 5.95 Å². The minimum Gasteiger partial charge on any atom is -0.337 e. The number of nitrogens with one attached hydrogen (secondary N) is 2. The summed E-state index contributed by atoms with van der Waals surface area (Å²) in [6.45, 7) is 9.37. The monoisotopic (exact) mass is 404 g/mol. The van der Waals surface area contributed by atoms with Crippen molar-refractivity contribution in [2.45, 2.75) is 26.8 Å². The molecule has 0 amide bonds. The van der Waals surface area contributed by atoms with Crippen LogP contribution in [0.5, 0.6) is 0 Å². The predicted octanol–water partition coefficient (Wildman–Crippen LogP) is 1.82. The number of nitrogens with zero attached hydrogens (tertiary/aromatic N) is 8. The van der Waals surface area contributed by atoms with Crippen molar-refractivity contribution in [1.29, 1.82) is 0 Å². The quantitative estimate of drug-likeness (QED) is 0.532. The molecule has 10 nitrogen and oxygen atoms in total. The summed E-state index contributed by atoms with van der Waals surface area (Å²) >= 11 is 0. The third-order valence-corrected chi connectivity index (χ3v) is 5.56. The van der Waals surface area contributed by atoms with Gasteiger partial charge < -0.3 is 10.2 Å². The number of aromatic amines is 1. The second-order valence-electron chi connectivity index (χ2n) is 8.57. The van der Waals surface area contributed by atoms with E-state index < -0.39 is 0 Å². The van der Waals surface area contributed by atoms with Crippen molar-refractivity contribution < 1.29 is 0 Å². The number of aromatic nitrogens is 8. The van der Waals surface area contributed by atoms with Crippen LogP contribution in [-0.4, -0.2) is 66.0 Å². The lowest BCUT2D eigenvalue weighted by molar-refractivity contribution is 0.252. The number of piperazine rings is 1. The van der Waals surface area contributed by atoms with Crippen molar-refractivity contribution >= 4 is 16.9 Å². The topological polar surface area (TPSA) is 113 Å². The molecule has 0 aliphatic carbocycles. The van der Waals surface area contributed by atoms with Gasteiger partial charge in [-0.2, -0.15) is 15.3 Å². The van der Waals surface area contributed by atoms with Gasteiger partial charge in [0, 0.05) is 36.6 Å². The van der Waals surface area contributed by atoms with Gasteiger partial charge in [0.1, 0.15) is 11.4 Å². The summed E-state index contributed by atoms with van der Waals surface area (Å²) in [7, 11) is 0. The van der Waals surface area contributed by atoms with Gasteiger partial charge in [-0.3, -0.25) is 5.10 Å². The van der Waals surface area contributed by atoms with E-state index in [2.05, 4.69) is 66.6 Å². The number of hydrogen-bond donors (Lipinski definition) is 2. The zero-order valence-electron chi connectivity index (χ0n) is 17.2. The fraction of sp³-hybridized carbons (Fsp3) is 0.400. The number of fused-ring (bicyclic) bond motifs is 1. The van der Waals surface area contributed by atoms with Crippen molar-refractivity contribution in [2.75, 3.05) is 24.5 Å². The molecule has 4 heterocycles. The van der Waals surface area contributed by atoms with Crippen LogP contribution in [0.15, 0.2) is 36.9 Å². The molecule has 0 unspecified atom stereocenters. The van der Waals surface area contributed by atoms with Crippen molar-refractivity contribution in [3.63, 3.8) is 0 Å². The van der Waals surface area contributed by atoms with E-state index in [1.807, 2.05) is 12.1 Å². The lowest BCUT2D eigenvalue weighted by Gasteiger charge is -2.40. The van der Waals surface area contributed by atoms with Gasteiger partial charge in [-0.05, 0) is 17.5 Å². The van der Waals surface area contributed by atoms with E-state index in [9.17, 15) is 0 Å². The summed E-state index contributed by atoms with van der Waals surface area (Å²) in [6.07, 6.45) is 6.84. The van der Waals surface area contributed by atoms with Crippen LogP contribution in [0.3, 0.4) is 0 Å². The Hall–Kier alpha value is -3.40. The van der Waals surface area contributed by atoms with Gasteiger partial charge in [0.05, 0.1) is 30.3 Å². The first-order chi connectivity index (χ1) is 14.5. The Bertz CT molecular complexity index is 1140. The zero-order chi connectivity index (χ0) is 20.7. The summed E-state index contributed by atoms with van der Waals surface area (Å²) in [4.78, 5) is 8.38. The summed E-state index contributed by atoms with van der Waals surface area (Å²) in [5, 5.41) is 29.1. The van der Waals surface area contributed by atoms with E-state index in [1.54, 1.807) is 29.6 Å². The Morgan fingerprint density at radius 2 is 1.90 bits per heavy atom. The molecule has 0 spiro atoms. The highest BCUT2D eigenvalue weighted by molar-refractivity contribution is 5.97. The molecule has 0 saturated carbocycles. The highest BCUT2D eigenvalue weighted by Gasteiger charge is 2.30. The number of anilines is 1. The van der Waals surface area contributed by atoms with Crippen LogP contribution in [0.4, 0.5) is 5.95 Å². The average Bonchev–Trinajstić information content (AvgIpc) is 3.45. The van der Waals surface area contributed by atoms with Gasteiger partial charge in [0.15, 0.2) is 0 Å². The fourth-order valence-corrected chi connectivity index (χ4v) is 3.80. The van der Waals surface area contributed by atoms with E-state index in [4.69, 9.17) is 0 Å². The van der Waals surface area contributed by atoms with Gasteiger partial charge in [0.25, 0.3) is 0 Å². The number of benzene rings is 1. The lowest BCUT2D eigenvalue weighted by Crippen LogP contribution is -2.56. The summed E-state index contributed by atoms with van der Waals surface area (Å²) in [6, 6.07) is 4.29. The summed E-state index contributed by atoms with van der Waals surface area (Å²) in [5.41, 5.74) is 3.44. The third-order valence-electron chi connectivity index (χ3n) is 5.56. The number of H-pyrrole nitrogens is 1. The molecule has 1 aromatic carbocycles. The summed E-state index contributed by atoms with van der Waals surface area (Å²) < 4.78 is 0. The van der Waals surface area contributed by atoms with E-state index in [0.29, 0.717) is 17.7 Å². The second-order valence-corrected chi connectivity index (χ2v) is 8.57. The first-order valence-corrected chi connectivity index (χ1v) is 10.0. The van der Waals surface area contributed by atoms with Crippen LogP contribution in [0.2, 0.25) is 0 Å². The Balaban J connectivity index is 1.45. The van der Waals surface area contributed by atoms with E-state index in [-0.39, 0.29) is 5.41 Å². The Morgan fingerprint density at radius 1 is 1.07 bits per heavy atom. The maximum Gasteiger partial charge on any atom is 0.245 e. The maximum absolute atomic E-state index is 4.62. The van der Waals surface area contributed by atoms with Gasteiger partial charge >= 0.3 is 0 Å². The van der Waals surface area contributed by atoms with Crippen molar-refractivity contribution in [3.05, 3.63) is 36.9 Å². The molecule has 0 bridgehead atoms. The van der Waals surface area contributed by atoms with E-state index in [1.165, 1.54) is 0 Å². The minimum atomic E-state index is 0.171. The molecule has 0 radical (unpaired) electrons. The number of hydrogen-bond acceptors (Lipinski definition) is 8. The molecule has 1 atom stereocenters. The van der Waals surface area contributed by atoms with Crippen LogP contribution >= 0.6 is 0 Å². The van der Waals surface area contributed by atoms with E-state index in [0.717, 1.165) is 41.8 Å². The Labute approximate surface area is 173 Å². The first-order valence-electron chi connectivity index (χ1n) is 10.0. The van der Waals surface area contributed by atoms with E-state index >= 15 is 0 Å². The normalized spacial score (nSPS) is 17.6. The van der Waals surface area contributed by atoms with Gasteiger partial charge in [-0.1, -0.05) is 20.8 Å². The second kappa shape index (κ2) is 7.13. The third kappa shape index (κ3) is 3.28. The summed E-state index contributed by atoms with van der Waals surface area (Å²) in [5.74, 6) is 0.662. The predicted molar refractivity (Wildman–Crippen MR) is 113 cm³/mol. The van der Waals surface area contributed by atoms with Crippen LogP contribution in [-0.2, 0) is 0 Å². The highest BCUT2D eigenvalue weighted by atomic mass is 15.5. The van der Waals surface area contributed by atoms with Crippen LogP contribution in [0.25, 0.3) is 27.8 Å². The van der Waals surface area contributed by atoms with Crippen LogP contribution < -0.4 is 10.2 Å². The fourth-order valence-electron chi connectivity index (χ4n) is 3.80. The number of rotatable bonds is 3. The van der Waals surface area contributed by atoms with Crippen molar-refractivity contribution in [2.24, 2.45) is 5.41 Å². The molecule has 5 rings (SSSR count). The largest absolute Gasteiger partial charge is 0.337 e. The first kappa shape index (κ1) is 18.6. The average molecular weight is 404 g/mol. The molecule has 3 aromatic heterocycles. The molecular weight excluding hydrogens is 380 g/mol. The highest BCUT2D eigenvalue weighted by Crippen LogP contribution is 2.30. The zero-order valence-corrected chi connectivity index (χ0v) is 17.2. The Morgan fingerprint density at radius 3 is 2.63 bits per heavy atom. The Kier molecular flexibility index (Phi) is 4.43. The molecule has 4 aromatic rings. The van der Waals surface area contributed by atoms with Crippen LogP contribution in [0, 0.1) is 5.41 Å². The standard InChI is InChI=1S/C20H24N10/c1-20(2,3)17-12-29(9-8-21-17)19-22-11-15(26-28-19)13-4-5-16(30-24-6-7-25-30)18-14(13)10-23-27-18/h4-7,10-11,17,21H,8-9,12H2,1-3H3,(H,23,27)/t17-/m0/s1. The van der Waals surface area contributed by atoms with Crippen molar-refractivity contribution in [1.82, 2.24) is 45.7 Å². The molecule has 1 fully saturated rings. The molecule has 30 heavy (non-hydrogen) atoms. The molecule has 1 aliphatic heterocycles. The minimum absolute atomic E-state index is 0.171. The van der Waals surface area contributed by atoms with Gasteiger partial charge in [-0.15, -0.1) is 15.0 Å². The van der Waals surface area contributed by atoms with Crippen LogP contribution in [0.1, 0.15) is 20.8 Å².